The van der Waals surface area contributed by atoms with Crippen LogP contribution in [0, 0.1) is 0 Å². The van der Waals surface area contributed by atoms with Crippen molar-refractivity contribution in [3.05, 3.63) is 18.0 Å². The SMILES string of the molecule is CCN(C(=O)c1ccno1)C1CCNCC1. The summed E-state index contributed by atoms with van der Waals surface area (Å²) in [5.74, 6) is 0.285. The molecule has 1 N–H and O–H groups in total. The third-order valence-corrected chi connectivity index (χ3v) is 3.00. The van der Waals surface area contributed by atoms with E-state index in [0.29, 0.717) is 18.3 Å². The van der Waals surface area contributed by atoms with E-state index in [0.717, 1.165) is 25.9 Å². The van der Waals surface area contributed by atoms with Crippen molar-refractivity contribution in [3.8, 4) is 0 Å². The molecule has 0 spiro atoms. The van der Waals surface area contributed by atoms with E-state index in [1.54, 1.807) is 6.07 Å². The Balaban J connectivity index is 2.06. The molecule has 5 nitrogen and oxygen atoms in total. The fourth-order valence-electron chi connectivity index (χ4n) is 2.15. The van der Waals surface area contributed by atoms with Crippen molar-refractivity contribution < 1.29 is 9.32 Å². The maximum Gasteiger partial charge on any atom is 0.292 e. The topological polar surface area (TPSA) is 58.4 Å². The lowest BCUT2D eigenvalue weighted by molar-refractivity contribution is 0.0614. The first-order valence-corrected chi connectivity index (χ1v) is 5.75. The van der Waals surface area contributed by atoms with Gasteiger partial charge < -0.3 is 14.7 Å². The highest BCUT2D eigenvalue weighted by atomic mass is 16.5. The van der Waals surface area contributed by atoms with Gasteiger partial charge >= 0.3 is 0 Å². The number of rotatable bonds is 3. The van der Waals surface area contributed by atoms with Crippen LogP contribution in [-0.4, -0.2) is 41.6 Å². The summed E-state index contributed by atoms with van der Waals surface area (Å²) < 4.78 is 4.91. The summed E-state index contributed by atoms with van der Waals surface area (Å²) in [6, 6.07) is 1.94. The number of nitrogens with zero attached hydrogens (tertiary/aromatic N) is 2. The van der Waals surface area contributed by atoms with Crippen LogP contribution < -0.4 is 5.32 Å². The van der Waals surface area contributed by atoms with E-state index >= 15 is 0 Å². The monoisotopic (exact) mass is 223 g/mol. The Labute approximate surface area is 94.8 Å². The van der Waals surface area contributed by atoms with Gasteiger partial charge in [0.1, 0.15) is 0 Å². The number of amides is 1. The van der Waals surface area contributed by atoms with Crippen LogP contribution in [0.4, 0.5) is 0 Å². The Hall–Kier alpha value is -1.36. The molecule has 1 amide bonds. The van der Waals surface area contributed by atoms with Gasteiger partial charge in [0.25, 0.3) is 5.91 Å². The summed E-state index contributed by atoms with van der Waals surface area (Å²) in [5, 5.41) is 6.86. The van der Waals surface area contributed by atoms with Gasteiger partial charge in [-0.3, -0.25) is 4.79 Å². The average Bonchev–Trinajstić information content (AvgIpc) is 2.85. The van der Waals surface area contributed by atoms with E-state index in [1.165, 1.54) is 6.20 Å². The third kappa shape index (κ3) is 2.24. The molecule has 1 aliphatic rings. The molecule has 0 aromatic carbocycles. The molecule has 1 aromatic rings. The fourth-order valence-corrected chi connectivity index (χ4v) is 2.15. The molecule has 88 valence electrons. The summed E-state index contributed by atoms with van der Waals surface area (Å²) >= 11 is 0. The van der Waals surface area contributed by atoms with E-state index in [2.05, 4.69) is 10.5 Å². The quantitative estimate of drug-likeness (QED) is 0.826. The lowest BCUT2D eigenvalue weighted by Crippen LogP contribution is -2.45. The molecule has 1 fully saturated rings. The Morgan fingerprint density at radius 2 is 2.38 bits per heavy atom. The molecule has 0 atom stereocenters. The van der Waals surface area contributed by atoms with E-state index in [-0.39, 0.29) is 5.91 Å². The number of piperidine rings is 1. The summed E-state index contributed by atoms with van der Waals surface area (Å²) in [5.41, 5.74) is 0. The molecule has 1 aliphatic heterocycles. The van der Waals surface area contributed by atoms with Crippen molar-refractivity contribution in [2.45, 2.75) is 25.8 Å². The van der Waals surface area contributed by atoms with Gasteiger partial charge in [-0.1, -0.05) is 5.16 Å². The van der Waals surface area contributed by atoms with E-state index in [1.807, 2.05) is 11.8 Å². The Morgan fingerprint density at radius 3 is 2.94 bits per heavy atom. The summed E-state index contributed by atoms with van der Waals surface area (Å²) in [6.45, 7) is 4.66. The first-order valence-electron chi connectivity index (χ1n) is 5.75. The predicted molar refractivity (Wildman–Crippen MR) is 59.1 cm³/mol. The first kappa shape index (κ1) is 11.1. The van der Waals surface area contributed by atoms with Crippen LogP contribution in [0.25, 0.3) is 0 Å². The fraction of sp³-hybridized carbons (Fsp3) is 0.636. The lowest BCUT2D eigenvalue weighted by atomic mass is 10.0. The summed E-state index contributed by atoms with van der Waals surface area (Å²) in [4.78, 5) is 14.0. The highest BCUT2D eigenvalue weighted by Gasteiger charge is 2.26. The van der Waals surface area contributed by atoms with Gasteiger partial charge in [0.2, 0.25) is 5.76 Å². The van der Waals surface area contributed by atoms with Gasteiger partial charge in [0.05, 0.1) is 6.20 Å². The second kappa shape index (κ2) is 5.12. The second-order valence-electron chi connectivity index (χ2n) is 3.95. The van der Waals surface area contributed by atoms with E-state index in [9.17, 15) is 4.79 Å². The first-order chi connectivity index (χ1) is 7.83. The van der Waals surface area contributed by atoms with Crippen LogP contribution in [0.15, 0.2) is 16.8 Å². The molecular weight excluding hydrogens is 206 g/mol. The normalized spacial score (nSPS) is 17.3. The second-order valence-corrected chi connectivity index (χ2v) is 3.95. The van der Waals surface area contributed by atoms with Gasteiger partial charge in [0.15, 0.2) is 0 Å². The zero-order valence-electron chi connectivity index (χ0n) is 9.48. The van der Waals surface area contributed by atoms with Crippen molar-refractivity contribution in [2.75, 3.05) is 19.6 Å². The number of carbonyl (C=O) groups excluding carboxylic acids is 1. The highest BCUT2D eigenvalue weighted by molar-refractivity contribution is 5.91. The molecule has 1 saturated heterocycles. The average molecular weight is 223 g/mol. The van der Waals surface area contributed by atoms with Crippen LogP contribution in [0.1, 0.15) is 30.3 Å². The van der Waals surface area contributed by atoms with Crippen molar-refractivity contribution in [3.63, 3.8) is 0 Å². The highest BCUT2D eigenvalue weighted by Crippen LogP contribution is 2.15. The predicted octanol–water partition coefficient (Wildman–Crippen LogP) is 0.889. The number of hydrogen-bond acceptors (Lipinski definition) is 4. The van der Waals surface area contributed by atoms with Crippen LogP contribution in [0.3, 0.4) is 0 Å². The number of hydrogen-bond donors (Lipinski definition) is 1. The van der Waals surface area contributed by atoms with Crippen LogP contribution in [0.5, 0.6) is 0 Å². The van der Waals surface area contributed by atoms with Crippen LogP contribution >= 0.6 is 0 Å². The molecule has 2 heterocycles. The van der Waals surface area contributed by atoms with Gasteiger partial charge in [-0.05, 0) is 32.9 Å². The Bertz CT molecular complexity index is 331. The third-order valence-electron chi connectivity index (χ3n) is 3.00. The van der Waals surface area contributed by atoms with Gasteiger partial charge in [-0.2, -0.15) is 0 Å². The number of carbonyl (C=O) groups is 1. The molecule has 1 aromatic heterocycles. The summed E-state index contributed by atoms with van der Waals surface area (Å²) in [6.07, 6.45) is 3.52. The van der Waals surface area contributed by atoms with Crippen LogP contribution in [0.2, 0.25) is 0 Å². The standard InChI is InChI=1S/C11H17N3O2/c1-2-14(9-3-6-12-7-4-9)11(15)10-5-8-13-16-10/h5,8-9,12H,2-4,6-7H2,1H3. The van der Waals surface area contributed by atoms with Crippen molar-refractivity contribution >= 4 is 5.91 Å². The molecule has 0 radical (unpaired) electrons. The van der Waals surface area contributed by atoms with Gasteiger partial charge in [0, 0.05) is 18.7 Å². The Kier molecular flexibility index (Phi) is 3.56. The zero-order chi connectivity index (χ0) is 11.4. The maximum atomic E-state index is 12.1. The molecular formula is C11H17N3O2. The molecule has 2 rings (SSSR count). The van der Waals surface area contributed by atoms with Crippen molar-refractivity contribution in [1.82, 2.24) is 15.4 Å². The minimum absolute atomic E-state index is 0.0492. The van der Waals surface area contributed by atoms with Crippen molar-refractivity contribution in [2.24, 2.45) is 0 Å². The smallest absolute Gasteiger partial charge is 0.292 e. The molecule has 0 unspecified atom stereocenters. The van der Waals surface area contributed by atoms with E-state index in [4.69, 9.17) is 4.52 Å². The maximum absolute atomic E-state index is 12.1. The molecule has 0 aliphatic carbocycles. The van der Waals surface area contributed by atoms with Crippen molar-refractivity contribution in [1.29, 1.82) is 0 Å². The largest absolute Gasteiger partial charge is 0.351 e. The summed E-state index contributed by atoms with van der Waals surface area (Å²) in [7, 11) is 0. The number of aromatic nitrogens is 1. The van der Waals surface area contributed by atoms with Crippen LogP contribution in [-0.2, 0) is 0 Å². The Morgan fingerprint density at radius 1 is 1.62 bits per heavy atom. The lowest BCUT2D eigenvalue weighted by Gasteiger charge is -2.33. The minimum atomic E-state index is -0.0492. The molecule has 0 bridgehead atoms. The van der Waals surface area contributed by atoms with Gasteiger partial charge in [-0.25, -0.2) is 0 Å². The zero-order valence-corrected chi connectivity index (χ0v) is 9.48. The molecule has 5 heteroatoms. The van der Waals surface area contributed by atoms with Gasteiger partial charge in [-0.15, -0.1) is 0 Å². The number of nitrogens with one attached hydrogen (secondary N) is 1. The molecule has 0 saturated carbocycles. The van der Waals surface area contributed by atoms with E-state index < -0.39 is 0 Å². The minimum Gasteiger partial charge on any atom is -0.351 e. The molecule has 16 heavy (non-hydrogen) atoms.